The number of benzene rings is 1. The molecule has 1 aliphatic heterocycles. The third kappa shape index (κ3) is 2.37. The van der Waals surface area contributed by atoms with Gasteiger partial charge in [-0.25, -0.2) is 4.98 Å². The quantitative estimate of drug-likeness (QED) is 0.847. The fourth-order valence-corrected chi connectivity index (χ4v) is 2.26. The summed E-state index contributed by atoms with van der Waals surface area (Å²) in [6.07, 6.45) is 1.29. The first-order chi connectivity index (χ1) is 10.6. The largest absolute Gasteiger partial charge is 0.446 e. The highest BCUT2D eigenvalue weighted by molar-refractivity contribution is 6.22. The van der Waals surface area contributed by atoms with Gasteiger partial charge in [0.15, 0.2) is 6.39 Å². The SMILES string of the molecule is Cc1ncoc1CNC(=O)CN1C(=O)c2ccccc2C1=O. The lowest BCUT2D eigenvalue weighted by Crippen LogP contribution is -2.40. The Bertz CT molecular complexity index is 731. The Kier molecular flexibility index (Phi) is 3.46. The Labute approximate surface area is 125 Å². The molecule has 0 aliphatic carbocycles. The lowest BCUT2D eigenvalue weighted by Gasteiger charge is -2.13. The average Bonchev–Trinajstić information content (AvgIpc) is 3.03. The molecule has 0 spiro atoms. The van der Waals surface area contributed by atoms with Crippen molar-refractivity contribution in [3.8, 4) is 0 Å². The number of amides is 3. The van der Waals surface area contributed by atoms with Crippen molar-refractivity contribution in [2.24, 2.45) is 0 Å². The first kappa shape index (κ1) is 14.0. The van der Waals surface area contributed by atoms with Gasteiger partial charge in [-0.3, -0.25) is 19.3 Å². The molecule has 3 amide bonds. The number of carbonyl (C=O) groups is 3. The van der Waals surface area contributed by atoms with Gasteiger partial charge in [-0.15, -0.1) is 0 Å². The van der Waals surface area contributed by atoms with E-state index in [1.54, 1.807) is 31.2 Å². The van der Waals surface area contributed by atoms with E-state index in [0.717, 1.165) is 4.90 Å². The molecule has 0 unspecified atom stereocenters. The third-order valence-corrected chi connectivity index (χ3v) is 3.47. The molecule has 112 valence electrons. The van der Waals surface area contributed by atoms with Gasteiger partial charge in [0.05, 0.1) is 23.4 Å². The summed E-state index contributed by atoms with van der Waals surface area (Å²) in [5, 5.41) is 2.60. The first-order valence-corrected chi connectivity index (χ1v) is 6.69. The first-order valence-electron chi connectivity index (χ1n) is 6.69. The molecule has 0 radical (unpaired) electrons. The fourth-order valence-electron chi connectivity index (χ4n) is 2.26. The van der Waals surface area contributed by atoms with Crippen molar-refractivity contribution in [2.45, 2.75) is 13.5 Å². The molecule has 3 rings (SSSR count). The van der Waals surface area contributed by atoms with Crippen LogP contribution in [0.4, 0.5) is 0 Å². The van der Waals surface area contributed by atoms with Gasteiger partial charge in [-0.05, 0) is 19.1 Å². The van der Waals surface area contributed by atoms with E-state index in [-0.39, 0.29) is 13.1 Å². The van der Waals surface area contributed by atoms with Crippen LogP contribution in [0.3, 0.4) is 0 Å². The van der Waals surface area contributed by atoms with Crippen LogP contribution in [-0.2, 0) is 11.3 Å². The lowest BCUT2D eigenvalue weighted by atomic mass is 10.1. The number of aromatic nitrogens is 1. The molecule has 2 heterocycles. The minimum absolute atomic E-state index is 0.161. The van der Waals surface area contributed by atoms with Gasteiger partial charge in [-0.1, -0.05) is 12.1 Å². The third-order valence-electron chi connectivity index (χ3n) is 3.47. The Hall–Kier alpha value is -2.96. The van der Waals surface area contributed by atoms with E-state index in [0.29, 0.717) is 22.6 Å². The normalized spacial score (nSPS) is 13.4. The van der Waals surface area contributed by atoms with Crippen LogP contribution in [0.2, 0.25) is 0 Å². The number of hydrogen-bond acceptors (Lipinski definition) is 5. The number of hydrogen-bond donors (Lipinski definition) is 1. The summed E-state index contributed by atoms with van der Waals surface area (Å²) in [6, 6.07) is 6.51. The molecule has 0 bridgehead atoms. The number of nitrogens with zero attached hydrogens (tertiary/aromatic N) is 2. The van der Waals surface area contributed by atoms with E-state index >= 15 is 0 Å². The monoisotopic (exact) mass is 299 g/mol. The topological polar surface area (TPSA) is 92.5 Å². The van der Waals surface area contributed by atoms with Gasteiger partial charge in [0, 0.05) is 0 Å². The van der Waals surface area contributed by atoms with Crippen molar-refractivity contribution in [1.82, 2.24) is 15.2 Å². The zero-order valence-corrected chi connectivity index (χ0v) is 11.8. The van der Waals surface area contributed by atoms with Gasteiger partial charge >= 0.3 is 0 Å². The van der Waals surface area contributed by atoms with Crippen LogP contribution in [0.5, 0.6) is 0 Å². The van der Waals surface area contributed by atoms with E-state index in [2.05, 4.69) is 10.3 Å². The molecule has 0 saturated heterocycles. The molecule has 7 heteroatoms. The second-order valence-electron chi connectivity index (χ2n) is 4.88. The van der Waals surface area contributed by atoms with Gasteiger partial charge in [0.25, 0.3) is 11.8 Å². The molecule has 1 aromatic heterocycles. The maximum absolute atomic E-state index is 12.1. The predicted octanol–water partition coefficient (Wildman–Crippen LogP) is 0.895. The molecular weight excluding hydrogens is 286 g/mol. The van der Waals surface area contributed by atoms with Gasteiger partial charge in [0.1, 0.15) is 12.3 Å². The minimum Gasteiger partial charge on any atom is -0.446 e. The van der Waals surface area contributed by atoms with E-state index in [9.17, 15) is 14.4 Å². The molecule has 1 aromatic carbocycles. The molecule has 7 nitrogen and oxygen atoms in total. The second kappa shape index (κ2) is 5.44. The van der Waals surface area contributed by atoms with Crippen LogP contribution in [0.15, 0.2) is 35.1 Å². The van der Waals surface area contributed by atoms with Gasteiger partial charge < -0.3 is 9.73 Å². The summed E-state index contributed by atoms with van der Waals surface area (Å²) in [4.78, 5) is 41.0. The maximum Gasteiger partial charge on any atom is 0.262 e. The summed E-state index contributed by atoms with van der Waals surface area (Å²) < 4.78 is 5.10. The molecule has 0 atom stereocenters. The molecule has 2 aromatic rings. The number of rotatable bonds is 4. The highest BCUT2D eigenvalue weighted by Gasteiger charge is 2.36. The molecule has 0 fully saturated rings. The Morgan fingerprint density at radius 1 is 1.23 bits per heavy atom. The maximum atomic E-state index is 12.1. The molecule has 1 aliphatic rings. The summed E-state index contributed by atoms with van der Waals surface area (Å²) in [7, 11) is 0. The van der Waals surface area contributed by atoms with Crippen LogP contribution >= 0.6 is 0 Å². The van der Waals surface area contributed by atoms with Crippen LogP contribution in [0.1, 0.15) is 32.2 Å². The fraction of sp³-hybridized carbons (Fsp3) is 0.200. The predicted molar refractivity (Wildman–Crippen MR) is 74.9 cm³/mol. The van der Waals surface area contributed by atoms with E-state index in [1.165, 1.54) is 6.39 Å². The van der Waals surface area contributed by atoms with Crippen LogP contribution < -0.4 is 5.32 Å². The zero-order chi connectivity index (χ0) is 15.7. The molecule has 0 saturated carbocycles. The average molecular weight is 299 g/mol. The van der Waals surface area contributed by atoms with Crippen LogP contribution in [-0.4, -0.2) is 34.2 Å². The molecule has 22 heavy (non-hydrogen) atoms. The summed E-state index contributed by atoms with van der Waals surface area (Å²) in [5.74, 6) is -0.806. The van der Waals surface area contributed by atoms with Gasteiger partial charge in [0.2, 0.25) is 5.91 Å². The van der Waals surface area contributed by atoms with Gasteiger partial charge in [-0.2, -0.15) is 0 Å². The number of carbonyl (C=O) groups excluding carboxylic acids is 3. The van der Waals surface area contributed by atoms with Crippen LogP contribution in [0.25, 0.3) is 0 Å². The molecule has 1 N–H and O–H groups in total. The molecular formula is C15H13N3O4. The number of nitrogens with one attached hydrogen (secondary N) is 1. The lowest BCUT2D eigenvalue weighted by molar-refractivity contribution is -0.121. The van der Waals surface area contributed by atoms with Crippen molar-refractivity contribution in [3.63, 3.8) is 0 Å². The zero-order valence-electron chi connectivity index (χ0n) is 11.8. The number of aryl methyl sites for hydroxylation is 1. The van der Waals surface area contributed by atoms with Crippen molar-refractivity contribution in [3.05, 3.63) is 53.2 Å². The number of oxazole rings is 1. The summed E-state index contributed by atoms with van der Waals surface area (Å²) >= 11 is 0. The highest BCUT2D eigenvalue weighted by atomic mass is 16.3. The smallest absolute Gasteiger partial charge is 0.262 e. The standard InChI is InChI=1S/C15H13N3O4/c1-9-12(22-8-17-9)6-16-13(19)7-18-14(20)10-4-2-3-5-11(10)15(18)21/h2-5,8H,6-7H2,1H3,(H,16,19). The van der Waals surface area contributed by atoms with Crippen LogP contribution in [0, 0.1) is 6.92 Å². The van der Waals surface area contributed by atoms with Crippen molar-refractivity contribution in [1.29, 1.82) is 0 Å². The van der Waals surface area contributed by atoms with E-state index in [4.69, 9.17) is 4.42 Å². The van der Waals surface area contributed by atoms with E-state index < -0.39 is 17.7 Å². The number of fused-ring (bicyclic) bond motifs is 1. The number of imide groups is 1. The minimum atomic E-state index is -0.452. The summed E-state index contributed by atoms with van der Waals surface area (Å²) in [6.45, 7) is 1.60. The van der Waals surface area contributed by atoms with E-state index in [1.807, 2.05) is 0 Å². The second-order valence-corrected chi connectivity index (χ2v) is 4.88. The van der Waals surface area contributed by atoms with Crippen molar-refractivity contribution in [2.75, 3.05) is 6.54 Å². The highest BCUT2D eigenvalue weighted by Crippen LogP contribution is 2.21. The Balaban J connectivity index is 1.64. The Morgan fingerprint density at radius 2 is 1.86 bits per heavy atom. The summed E-state index contributed by atoms with van der Waals surface area (Å²) in [5.41, 5.74) is 1.33. The van der Waals surface area contributed by atoms with Crippen molar-refractivity contribution < 1.29 is 18.8 Å². The Morgan fingerprint density at radius 3 is 2.41 bits per heavy atom. The van der Waals surface area contributed by atoms with Crippen molar-refractivity contribution >= 4 is 17.7 Å².